The summed E-state index contributed by atoms with van der Waals surface area (Å²) < 4.78 is 0. The number of hydrogen-bond donors (Lipinski definition) is 0. The van der Waals surface area contributed by atoms with Gasteiger partial charge < -0.3 is 0 Å². The van der Waals surface area contributed by atoms with Crippen LogP contribution >= 0.6 is 23.4 Å². The SMILES string of the molecule is CC(C)Sc1c(Cl)ccc2c1C(=O)c1ccccc1C2. The Labute approximate surface area is 128 Å². The Balaban J connectivity index is 2.18. The van der Waals surface area contributed by atoms with Crippen molar-refractivity contribution in [2.24, 2.45) is 0 Å². The number of thioether (sulfide) groups is 1. The van der Waals surface area contributed by atoms with Crippen molar-refractivity contribution in [3.63, 3.8) is 0 Å². The zero-order chi connectivity index (χ0) is 14.3. The molecule has 0 saturated carbocycles. The van der Waals surface area contributed by atoms with Crippen molar-refractivity contribution in [2.45, 2.75) is 30.4 Å². The van der Waals surface area contributed by atoms with E-state index < -0.39 is 0 Å². The van der Waals surface area contributed by atoms with Gasteiger partial charge >= 0.3 is 0 Å². The van der Waals surface area contributed by atoms with E-state index in [1.807, 2.05) is 36.4 Å². The molecule has 0 bridgehead atoms. The lowest BCUT2D eigenvalue weighted by molar-refractivity contribution is 0.103. The van der Waals surface area contributed by atoms with Crippen molar-refractivity contribution < 1.29 is 4.79 Å². The summed E-state index contributed by atoms with van der Waals surface area (Å²) in [6.07, 6.45) is 0.806. The summed E-state index contributed by atoms with van der Waals surface area (Å²) in [5.74, 6) is 0.104. The van der Waals surface area contributed by atoms with Crippen LogP contribution in [0.1, 0.15) is 40.9 Å². The number of benzene rings is 2. The summed E-state index contributed by atoms with van der Waals surface area (Å²) in [4.78, 5) is 13.7. The summed E-state index contributed by atoms with van der Waals surface area (Å²) in [6.45, 7) is 4.23. The quantitative estimate of drug-likeness (QED) is 0.621. The van der Waals surface area contributed by atoms with Gasteiger partial charge in [-0.3, -0.25) is 4.79 Å². The van der Waals surface area contributed by atoms with Crippen LogP contribution in [0.5, 0.6) is 0 Å². The van der Waals surface area contributed by atoms with Gasteiger partial charge in [0.1, 0.15) is 0 Å². The number of ketones is 1. The van der Waals surface area contributed by atoms with Crippen LogP contribution in [0, 0.1) is 0 Å². The van der Waals surface area contributed by atoms with Crippen molar-refractivity contribution in [3.05, 3.63) is 63.7 Å². The second kappa shape index (κ2) is 5.27. The maximum atomic E-state index is 12.8. The van der Waals surface area contributed by atoms with E-state index in [9.17, 15) is 4.79 Å². The molecule has 1 aliphatic carbocycles. The molecule has 0 saturated heterocycles. The first-order valence-electron chi connectivity index (χ1n) is 6.68. The van der Waals surface area contributed by atoms with E-state index in [-0.39, 0.29) is 5.78 Å². The van der Waals surface area contributed by atoms with E-state index in [2.05, 4.69) is 13.8 Å². The van der Waals surface area contributed by atoms with Gasteiger partial charge in [0.05, 0.1) is 5.02 Å². The number of halogens is 1. The summed E-state index contributed by atoms with van der Waals surface area (Å²) in [5, 5.41) is 1.07. The largest absolute Gasteiger partial charge is 0.289 e. The minimum Gasteiger partial charge on any atom is -0.289 e. The van der Waals surface area contributed by atoms with Crippen LogP contribution in [0.15, 0.2) is 41.3 Å². The molecule has 0 unspecified atom stereocenters. The van der Waals surface area contributed by atoms with Crippen LogP contribution in [-0.4, -0.2) is 11.0 Å². The fourth-order valence-corrected chi connectivity index (χ4v) is 3.87. The van der Waals surface area contributed by atoms with E-state index in [0.717, 1.165) is 33.6 Å². The standard InChI is InChI=1S/C17H15ClOS/c1-10(2)20-17-14(18)8-7-12-9-11-5-3-4-6-13(11)16(19)15(12)17/h3-8,10H,9H2,1-2H3. The molecule has 0 radical (unpaired) electrons. The van der Waals surface area contributed by atoms with Gasteiger partial charge in [-0.05, 0) is 23.6 Å². The molecule has 0 amide bonds. The molecule has 20 heavy (non-hydrogen) atoms. The maximum Gasteiger partial charge on any atom is 0.194 e. The summed E-state index contributed by atoms with van der Waals surface area (Å²) >= 11 is 7.99. The minimum atomic E-state index is 0.104. The van der Waals surface area contributed by atoms with Gasteiger partial charge in [0.2, 0.25) is 0 Å². The Bertz CT molecular complexity index is 691. The molecule has 0 aliphatic heterocycles. The van der Waals surface area contributed by atoms with E-state index in [0.29, 0.717) is 10.3 Å². The summed E-state index contributed by atoms with van der Waals surface area (Å²) in [5.41, 5.74) is 3.80. The van der Waals surface area contributed by atoms with Crippen molar-refractivity contribution >= 4 is 29.1 Å². The Morgan fingerprint density at radius 1 is 1.10 bits per heavy atom. The highest BCUT2D eigenvalue weighted by atomic mass is 35.5. The molecule has 3 heteroatoms. The fourth-order valence-electron chi connectivity index (χ4n) is 2.58. The number of fused-ring (bicyclic) bond motifs is 2. The molecular formula is C17H15ClOS. The zero-order valence-corrected chi connectivity index (χ0v) is 13.0. The number of carbonyl (C=O) groups is 1. The normalized spacial score (nSPS) is 13.3. The van der Waals surface area contributed by atoms with E-state index >= 15 is 0 Å². The fraction of sp³-hybridized carbons (Fsp3) is 0.235. The van der Waals surface area contributed by atoms with E-state index in [1.54, 1.807) is 11.8 Å². The number of rotatable bonds is 2. The Morgan fingerprint density at radius 2 is 1.85 bits per heavy atom. The van der Waals surface area contributed by atoms with E-state index in [4.69, 9.17) is 11.6 Å². The summed E-state index contributed by atoms with van der Waals surface area (Å²) in [6, 6.07) is 11.7. The van der Waals surface area contributed by atoms with Gasteiger partial charge in [-0.1, -0.05) is 55.8 Å². The molecule has 0 spiro atoms. The first-order valence-corrected chi connectivity index (χ1v) is 7.94. The highest BCUT2D eigenvalue weighted by molar-refractivity contribution is 8.00. The molecule has 3 rings (SSSR count). The predicted octanol–water partition coefficient (Wildman–Crippen LogP) is 4.98. The van der Waals surface area contributed by atoms with Crippen LogP contribution in [0.4, 0.5) is 0 Å². The molecule has 102 valence electrons. The Morgan fingerprint density at radius 3 is 2.60 bits per heavy atom. The second-order valence-electron chi connectivity index (χ2n) is 5.24. The van der Waals surface area contributed by atoms with Crippen LogP contribution < -0.4 is 0 Å². The third kappa shape index (κ3) is 2.27. The Kier molecular flexibility index (Phi) is 3.61. The van der Waals surface area contributed by atoms with Gasteiger partial charge in [0, 0.05) is 21.3 Å². The topological polar surface area (TPSA) is 17.1 Å². The molecule has 0 heterocycles. The predicted molar refractivity (Wildman–Crippen MR) is 85.1 cm³/mol. The van der Waals surface area contributed by atoms with Gasteiger partial charge in [-0.2, -0.15) is 0 Å². The van der Waals surface area contributed by atoms with Crippen LogP contribution in [0.25, 0.3) is 0 Å². The molecule has 0 fully saturated rings. The van der Waals surface area contributed by atoms with Crippen LogP contribution in [0.3, 0.4) is 0 Å². The molecule has 2 aromatic rings. The molecule has 1 nitrogen and oxygen atoms in total. The average Bonchev–Trinajstić information content (AvgIpc) is 2.42. The monoisotopic (exact) mass is 302 g/mol. The third-order valence-electron chi connectivity index (χ3n) is 3.42. The molecule has 1 aliphatic rings. The van der Waals surface area contributed by atoms with Crippen LogP contribution in [0.2, 0.25) is 5.02 Å². The molecule has 0 N–H and O–H groups in total. The lowest BCUT2D eigenvalue weighted by atomic mass is 9.85. The zero-order valence-electron chi connectivity index (χ0n) is 11.4. The van der Waals surface area contributed by atoms with Crippen LogP contribution in [-0.2, 0) is 6.42 Å². The van der Waals surface area contributed by atoms with Gasteiger partial charge in [-0.15, -0.1) is 11.8 Å². The number of carbonyl (C=O) groups excluding carboxylic acids is 1. The van der Waals surface area contributed by atoms with E-state index in [1.165, 1.54) is 0 Å². The Hall–Kier alpha value is -1.25. The van der Waals surface area contributed by atoms with Gasteiger partial charge in [0.15, 0.2) is 5.78 Å². The second-order valence-corrected chi connectivity index (χ2v) is 7.23. The van der Waals surface area contributed by atoms with Gasteiger partial charge in [0.25, 0.3) is 0 Å². The van der Waals surface area contributed by atoms with Crippen molar-refractivity contribution in [2.75, 3.05) is 0 Å². The average molecular weight is 303 g/mol. The first-order chi connectivity index (χ1) is 9.58. The molecular weight excluding hydrogens is 288 g/mol. The highest BCUT2D eigenvalue weighted by Crippen LogP contribution is 2.39. The minimum absolute atomic E-state index is 0.104. The highest BCUT2D eigenvalue weighted by Gasteiger charge is 2.27. The molecule has 0 aromatic heterocycles. The smallest absolute Gasteiger partial charge is 0.194 e. The first kappa shape index (κ1) is 13.7. The van der Waals surface area contributed by atoms with Gasteiger partial charge in [-0.25, -0.2) is 0 Å². The molecule has 2 aromatic carbocycles. The van der Waals surface area contributed by atoms with Crippen molar-refractivity contribution in [1.82, 2.24) is 0 Å². The van der Waals surface area contributed by atoms with Crippen molar-refractivity contribution in [3.8, 4) is 0 Å². The number of hydrogen-bond acceptors (Lipinski definition) is 2. The maximum absolute atomic E-state index is 12.8. The lowest BCUT2D eigenvalue weighted by Crippen LogP contribution is -2.16. The van der Waals surface area contributed by atoms with Crippen molar-refractivity contribution in [1.29, 1.82) is 0 Å². The molecule has 0 atom stereocenters. The third-order valence-corrected chi connectivity index (χ3v) is 4.98. The summed E-state index contributed by atoms with van der Waals surface area (Å²) in [7, 11) is 0. The lowest BCUT2D eigenvalue weighted by Gasteiger charge is -2.22.